The van der Waals surface area contributed by atoms with Crippen LogP contribution in [-0.4, -0.2) is 26.6 Å². The number of sulfone groups is 1. The third-order valence-corrected chi connectivity index (χ3v) is 5.48. The molecule has 0 spiro atoms. The number of para-hydroxylation sites is 1. The summed E-state index contributed by atoms with van der Waals surface area (Å²) in [5.41, 5.74) is 1.03. The van der Waals surface area contributed by atoms with Crippen LogP contribution in [0.1, 0.15) is 22.3 Å². The average molecular weight is 369 g/mol. The second kappa shape index (κ2) is 6.51. The highest BCUT2D eigenvalue weighted by Crippen LogP contribution is 2.31. The Balaban J connectivity index is 1.93. The van der Waals surface area contributed by atoms with Crippen molar-refractivity contribution in [2.24, 2.45) is 0 Å². The van der Waals surface area contributed by atoms with Gasteiger partial charge >= 0.3 is 5.76 Å². The zero-order valence-electron chi connectivity index (χ0n) is 13.0. The number of amides is 1. The van der Waals surface area contributed by atoms with Crippen LogP contribution in [0.3, 0.4) is 0 Å². The number of halogens is 3. The van der Waals surface area contributed by atoms with E-state index < -0.39 is 32.2 Å². The monoisotopic (exact) mass is 369 g/mol. The number of fused-ring (bicyclic) bond motifs is 1. The van der Waals surface area contributed by atoms with Gasteiger partial charge < -0.3 is 4.90 Å². The Morgan fingerprint density at radius 2 is 1.76 bits per heavy atom. The Kier molecular flexibility index (Phi) is 4.55. The van der Waals surface area contributed by atoms with E-state index in [-0.39, 0.29) is 11.3 Å². The first kappa shape index (κ1) is 17.5. The van der Waals surface area contributed by atoms with Crippen LogP contribution in [-0.2, 0) is 16.3 Å². The van der Waals surface area contributed by atoms with Gasteiger partial charge in [0.05, 0.1) is 10.6 Å². The highest BCUT2D eigenvalue weighted by Gasteiger charge is 2.29. The van der Waals surface area contributed by atoms with E-state index in [1.165, 1.54) is 11.0 Å². The van der Waals surface area contributed by atoms with Gasteiger partial charge in [-0.15, -0.1) is 0 Å². The summed E-state index contributed by atoms with van der Waals surface area (Å²) in [7, 11) is -4.72. The molecule has 0 bridgehead atoms. The number of aryl methyl sites for hydroxylation is 1. The molecule has 1 amide bonds. The van der Waals surface area contributed by atoms with Crippen LogP contribution in [0.4, 0.5) is 18.9 Å². The highest BCUT2D eigenvalue weighted by atomic mass is 32.2. The van der Waals surface area contributed by atoms with Gasteiger partial charge in [0.2, 0.25) is 9.84 Å². The lowest BCUT2D eigenvalue weighted by Crippen LogP contribution is -2.36. The Labute approximate surface area is 142 Å². The zero-order valence-corrected chi connectivity index (χ0v) is 13.8. The van der Waals surface area contributed by atoms with E-state index in [4.69, 9.17) is 0 Å². The number of benzene rings is 2. The van der Waals surface area contributed by atoms with Gasteiger partial charge in [-0.1, -0.05) is 12.1 Å². The molecule has 1 heterocycles. The molecule has 0 N–H and O–H groups in total. The van der Waals surface area contributed by atoms with Crippen LogP contribution >= 0.6 is 0 Å². The van der Waals surface area contributed by atoms with Gasteiger partial charge in [-0.2, -0.15) is 8.78 Å². The lowest BCUT2D eigenvalue weighted by molar-refractivity contribution is 0.0984. The highest BCUT2D eigenvalue weighted by molar-refractivity contribution is 7.91. The van der Waals surface area contributed by atoms with Gasteiger partial charge in [-0.05, 0) is 48.7 Å². The second-order valence-electron chi connectivity index (χ2n) is 5.64. The minimum Gasteiger partial charge on any atom is -0.305 e. The maximum absolute atomic E-state index is 14.2. The van der Waals surface area contributed by atoms with Crippen LogP contribution in [0, 0.1) is 5.82 Å². The summed E-state index contributed by atoms with van der Waals surface area (Å²) in [6, 6.07) is 8.83. The molecule has 2 aromatic carbocycles. The summed E-state index contributed by atoms with van der Waals surface area (Å²) in [6.07, 6.45) is 1.32. The molecule has 0 radical (unpaired) electrons. The molecule has 1 aliphatic heterocycles. The molecule has 132 valence electrons. The number of nitrogens with zero attached hydrogens (tertiary/aromatic N) is 1. The predicted octanol–water partition coefficient (Wildman–Crippen LogP) is 3.42. The Morgan fingerprint density at radius 3 is 2.40 bits per heavy atom. The Morgan fingerprint density at radius 1 is 1.08 bits per heavy atom. The number of carbonyl (C=O) groups excluding carboxylic acids is 1. The summed E-state index contributed by atoms with van der Waals surface area (Å²) in [4.78, 5) is 13.4. The first-order valence-electron chi connectivity index (χ1n) is 7.54. The molecular formula is C17H14F3NO3S. The molecular weight excluding hydrogens is 355 g/mol. The van der Waals surface area contributed by atoms with Crippen molar-refractivity contribution in [3.63, 3.8) is 0 Å². The molecule has 2 aromatic rings. The topological polar surface area (TPSA) is 54.5 Å². The van der Waals surface area contributed by atoms with Crippen LogP contribution < -0.4 is 4.90 Å². The molecule has 0 saturated heterocycles. The number of hydrogen-bond donors (Lipinski definition) is 0. The SMILES string of the molecule is O=C(c1ccc(S(=O)(=O)C(F)F)cc1)N1CCCc2cccc(F)c21. The number of hydrogen-bond acceptors (Lipinski definition) is 3. The molecule has 0 fully saturated rings. The van der Waals surface area contributed by atoms with Gasteiger partial charge in [0.25, 0.3) is 5.91 Å². The minimum absolute atomic E-state index is 0.101. The normalized spacial score (nSPS) is 14.5. The number of alkyl halides is 2. The fourth-order valence-electron chi connectivity index (χ4n) is 2.85. The Bertz CT molecular complexity index is 911. The van der Waals surface area contributed by atoms with Crippen molar-refractivity contribution in [3.05, 3.63) is 59.4 Å². The van der Waals surface area contributed by atoms with Gasteiger partial charge in [0.15, 0.2) is 0 Å². The van der Waals surface area contributed by atoms with E-state index in [0.29, 0.717) is 19.4 Å². The summed E-state index contributed by atoms with van der Waals surface area (Å²) in [6.45, 7) is 0.323. The van der Waals surface area contributed by atoms with Crippen LogP contribution in [0.25, 0.3) is 0 Å². The molecule has 25 heavy (non-hydrogen) atoms. The molecule has 0 atom stereocenters. The smallest absolute Gasteiger partial charge is 0.305 e. The largest absolute Gasteiger partial charge is 0.341 e. The fourth-order valence-corrected chi connectivity index (χ4v) is 3.57. The number of rotatable bonds is 3. The van der Waals surface area contributed by atoms with Gasteiger partial charge in [-0.3, -0.25) is 4.79 Å². The summed E-state index contributed by atoms with van der Waals surface area (Å²) in [5, 5.41) is 0. The van der Waals surface area contributed by atoms with E-state index in [1.54, 1.807) is 12.1 Å². The first-order chi connectivity index (χ1) is 11.8. The molecule has 0 unspecified atom stereocenters. The van der Waals surface area contributed by atoms with Gasteiger partial charge in [-0.25, -0.2) is 12.8 Å². The average Bonchev–Trinajstić information content (AvgIpc) is 2.61. The second-order valence-corrected chi connectivity index (χ2v) is 7.56. The number of anilines is 1. The maximum Gasteiger partial charge on any atom is 0.341 e. The van der Waals surface area contributed by atoms with Crippen molar-refractivity contribution in [1.82, 2.24) is 0 Å². The van der Waals surface area contributed by atoms with E-state index in [2.05, 4.69) is 0 Å². The van der Waals surface area contributed by atoms with Crippen LogP contribution in [0.15, 0.2) is 47.4 Å². The van der Waals surface area contributed by atoms with E-state index >= 15 is 0 Å². The third kappa shape index (κ3) is 3.13. The molecule has 0 saturated carbocycles. The summed E-state index contributed by atoms with van der Waals surface area (Å²) < 4.78 is 62.1. The van der Waals surface area contributed by atoms with E-state index in [0.717, 1.165) is 29.8 Å². The molecule has 3 rings (SSSR count). The molecule has 0 aromatic heterocycles. The van der Waals surface area contributed by atoms with Gasteiger partial charge in [0, 0.05) is 12.1 Å². The Hall–Kier alpha value is -2.35. The zero-order chi connectivity index (χ0) is 18.2. The van der Waals surface area contributed by atoms with E-state index in [1.807, 2.05) is 0 Å². The first-order valence-corrected chi connectivity index (χ1v) is 9.08. The van der Waals surface area contributed by atoms with Gasteiger partial charge in [0.1, 0.15) is 5.82 Å². The lowest BCUT2D eigenvalue weighted by atomic mass is 10.0. The van der Waals surface area contributed by atoms with Crippen molar-refractivity contribution in [2.75, 3.05) is 11.4 Å². The maximum atomic E-state index is 14.2. The van der Waals surface area contributed by atoms with Crippen LogP contribution in [0.2, 0.25) is 0 Å². The quantitative estimate of drug-likeness (QED) is 0.833. The van der Waals surface area contributed by atoms with E-state index in [9.17, 15) is 26.4 Å². The lowest BCUT2D eigenvalue weighted by Gasteiger charge is -2.30. The summed E-state index contributed by atoms with van der Waals surface area (Å²) in [5.74, 6) is -4.55. The summed E-state index contributed by atoms with van der Waals surface area (Å²) >= 11 is 0. The van der Waals surface area contributed by atoms with Crippen molar-refractivity contribution in [3.8, 4) is 0 Å². The minimum atomic E-state index is -4.72. The molecule has 4 nitrogen and oxygen atoms in total. The number of carbonyl (C=O) groups is 1. The van der Waals surface area contributed by atoms with Crippen molar-refractivity contribution in [2.45, 2.75) is 23.5 Å². The predicted molar refractivity (Wildman–Crippen MR) is 86.0 cm³/mol. The standard InChI is InChI=1S/C17H14F3NO3S/c18-14-5-1-3-11-4-2-10-21(15(11)14)16(22)12-6-8-13(9-7-12)25(23,24)17(19)20/h1,3,5-9,17H,2,4,10H2. The van der Waals surface area contributed by atoms with Crippen molar-refractivity contribution in [1.29, 1.82) is 0 Å². The fraction of sp³-hybridized carbons (Fsp3) is 0.235. The van der Waals surface area contributed by atoms with Crippen LogP contribution in [0.5, 0.6) is 0 Å². The molecule has 1 aliphatic rings. The molecule has 0 aliphatic carbocycles. The van der Waals surface area contributed by atoms with Crippen molar-refractivity contribution >= 4 is 21.4 Å². The molecule has 8 heteroatoms. The van der Waals surface area contributed by atoms with Crippen molar-refractivity contribution < 1.29 is 26.4 Å². The third-order valence-electron chi connectivity index (χ3n) is 4.08.